The lowest BCUT2D eigenvalue weighted by molar-refractivity contribution is -0.115. The van der Waals surface area contributed by atoms with Gasteiger partial charge in [0.05, 0.1) is 0 Å². The molecule has 0 aromatic heterocycles. The smallest absolute Gasteiger partial charge is 0.242 e. The van der Waals surface area contributed by atoms with Crippen LogP contribution >= 0.6 is 11.6 Å². The standard InChI is InChI=1S/C13H18ClNO/c1-4-9(2)11-5-7-12(8-6-11)15-13(16)10(3)14/h5-10H,4H2,1-3H3,(H,15,16)/t9-,10+/m0/s1. The van der Waals surface area contributed by atoms with Crippen LogP contribution in [-0.4, -0.2) is 11.3 Å². The third-order valence-corrected chi connectivity index (χ3v) is 2.92. The molecule has 0 heterocycles. The number of anilines is 1. The second-order valence-corrected chi connectivity index (χ2v) is 4.69. The van der Waals surface area contributed by atoms with Gasteiger partial charge >= 0.3 is 0 Å². The number of amides is 1. The Morgan fingerprint density at radius 1 is 1.31 bits per heavy atom. The first kappa shape index (κ1) is 13.0. The molecule has 0 bridgehead atoms. The van der Waals surface area contributed by atoms with Crippen molar-refractivity contribution < 1.29 is 4.79 Å². The van der Waals surface area contributed by atoms with Crippen LogP contribution in [0.1, 0.15) is 38.7 Å². The molecule has 88 valence electrons. The van der Waals surface area contributed by atoms with E-state index in [9.17, 15) is 4.79 Å². The Balaban J connectivity index is 2.68. The maximum absolute atomic E-state index is 11.3. The van der Waals surface area contributed by atoms with Gasteiger partial charge in [-0.05, 0) is 37.0 Å². The third kappa shape index (κ3) is 3.53. The molecule has 3 heteroatoms. The summed E-state index contributed by atoms with van der Waals surface area (Å²) in [7, 11) is 0. The molecular weight excluding hydrogens is 222 g/mol. The van der Waals surface area contributed by atoms with E-state index in [4.69, 9.17) is 11.6 Å². The average Bonchev–Trinajstić information content (AvgIpc) is 2.28. The fourth-order valence-electron chi connectivity index (χ4n) is 1.37. The van der Waals surface area contributed by atoms with Crippen molar-refractivity contribution in [2.24, 2.45) is 0 Å². The minimum absolute atomic E-state index is 0.169. The molecule has 0 spiro atoms. The summed E-state index contributed by atoms with van der Waals surface area (Å²) in [5, 5.41) is 2.25. The van der Waals surface area contributed by atoms with Crippen LogP contribution in [0.25, 0.3) is 0 Å². The van der Waals surface area contributed by atoms with Crippen molar-refractivity contribution >= 4 is 23.2 Å². The van der Waals surface area contributed by atoms with Gasteiger partial charge in [-0.25, -0.2) is 0 Å². The van der Waals surface area contributed by atoms with Crippen molar-refractivity contribution in [1.29, 1.82) is 0 Å². The molecule has 0 aliphatic heterocycles. The Labute approximate surface area is 102 Å². The molecule has 1 rings (SSSR count). The molecule has 1 aromatic carbocycles. The quantitative estimate of drug-likeness (QED) is 0.797. The number of carbonyl (C=O) groups is 1. The monoisotopic (exact) mass is 239 g/mol. The van der Waals surface area contributed by atoms with E-state index in [1.165, 1.54) is 5.56 Å². The minimum Gasteiger partial charge on any atom is -0.325 e. The van der Waals surface area contributed by atoms with Gasteiger partial charge < -0.3 is 5.32 Å². The van der Waals surface area contributed by atoms with Crippen LogP contribution in [0, 0.1) is 0 Å². The van der Waals surface area contributed by atoms with Gasteiger partial charge in [0.1, 0.15) is 5.38 Å². The number of benzene rings is 1. The lowest BCUT2D eigenvalue weighted by Gasteiger charge is -2.11. The summed E-state index contributed by atoms with van der Waals surface area (Å²) in [5.74, 6) is 0.384. The molecule has 2 atom stereocenters. The fourth-order valence-corrected chi connectivity index (χ4v) is 1.43. The topological polar surface area (TPSA) is 29.1 Å². The first-order valence-corrected chi connectivity index (χ1v) is 6.03. The zero-order valence-corrected chi connectivity index (χ0v) is 10.7. The van der Waals surface area contributed by atoms with Crippen LogP contribution in [0.2, 0.25) is 0 Å². The maximum Gasteiger partial charge on any atom is 0.242 e. The summed E-state index contributed by atoms with van der Waals surface area (Å²) in [4.78, 5) is 11.3. The van der Waals surface area contributed by atoms with Crippen LogP contribution < -0.4 is 5.32 Å². The summed E-state index contributed by atoms with van der Waals surface area (Å²) in [6.07, 6.45) is 1.12. The summed E-state index contributed by atoms with van der Waals surface area (Å²) < 4.78 is 0. The van der Waals surface area contributed by atoms with E-state index in [1.807, 2.05) is 24.3 Å². The highest BCUT2D eigenvalue weighted by molar-refractivity contribution is 6.32. The normalized spacial score (nSPS) is 14.2. The zero-order chi connectivity index (χ0) is 12.1. The SMILES string of the molecule is CC[C@H](C)c1ccc(NC(=O)[C@@H](C)Cl)cc1. The number of hydrogen-bond acceptors (Lipinski definition) is 1. The van der Waals surface area contributed by atoms with E-state index < -0.39 is 5.38 Å². The molecule has 16 heavy (non-hydrogen) atoms. The van der Waals surface area contributed by atoms with Crippen molar-refractivity contribution in [1.82, 2.24) is 0 Å². The lowest BCUT2D eigenvalue weighted by Crippen LogP contribution is -2.20. The highest BCUT2D eigenvalue weighted by Gasteiger charge is 2.09. The highest BCUT2D eigenvalue weighted by Crippen LogP contribution is 2.20. The van der Waals surface area contributed by atoms with Gasteiger partial charge in [-0.3, -0.25) is 4.79 Å². The highest BCUT2D eigenvalue weighted by atomic mass is 35.5. The van der Waals surface area contributed by atoms with Gasteiger partial charge in [0, 0.05) is 5.69 Å². The van der Waals surface area contributed by atoms with Gasteiger partial charge in [-0.15, -0.1) is 11.6 Å². The molecule has 0 aliphatic carbocycles. The molecule has 2 nitrogen and oxygen atoms in total. The predicted molar refractivity (Wildman–Crippen MR) is 69.1 cm³/mol. The number of nitrogens with one attached hydrogen (secondary N) is 1. The maximum atomic E-state index is 11.3. The third-order valence-electron chi connectivity index (χ3n) is 2.72. The molecule has 0 aliphatic rings. The van der Waals surface area contributed by atoms with Crippen molar-refractivity contribution in [3.63, 3.8) is 0 Å². The molecular formula is C13H18ClNO. The van der Waals surface area contributed by atoms with Crippen LogP contribution in [0.5, 0.6) is 0 Å². The second-order valence-electron chi connectivity index (χ2n) is 4.04. The number of hydrogen-bond donors (Lipinski definition) is 1. The number of carbonyl (C=O) groups excluding carboxylic acids is 1. The first-order chi connectivity index (χ1) is 7.54. The first-order valence-electron chi connectivity index (χ1n) is 5.59. The van der Waals surface area contributed by atoms with Crippen LogP contribution in [0.4, 0.5) is 5.69 Å². The Kier molecular flexibility index (Phi) is 4.81. The number of rotatable bonds is 4. The summed E-state index contributed by atoms with van der Waals surface area (Å²) in [5.41, 5.74) is 2.09. The van der Waals surface area contributed by atoms with E-state index in [0.29, 0.717) is 5.92 Å². The van der Waals surface area contributed by atoms with Gasteiger partial charge in [0.25, 0.3) is 0 Å². The molecule has 0 saturated heterocycles. The average molecular weight is 240 g/mol. The Bertz CT molecular complexity index is 345. The summed E-state index contributed by atoms with van der Waals surface area (Å²) >= 11 is 5.67. The minimum atomic E-state index is -0.505. The lowest BCUT2D eigenvalue weighted by atomic mass is 9.99. The largest absolute Gasteiger partial charge is 0.325 e. The van der Waals surface area contributed by atoms with E-state index in [0.717, 1.165) is 12.1 Å². The molecule has 0 unspecified atom stereocenters. The van der Waals surface area contributed by atoms with E-state index in [-0.39, 0.29) is 5.91 Å². The number of halogens is 1. The Morgan fingerprint density at radius 2 is 1.88 bits per heavy atom. The number of alkyl halides is 1. The fraction of sp³-hybridized carbons (Fsp3) is 0.462. The predicted octanol–water partition coefficient (Wildman–Crippen LogP) is 3.77. The molecule has 1 N–H and O–H groups in total. The van der Waals surface area contributed by atoms with E-state index >= 15 is 0 Å². The van der Waals surface area contributed by atoms with Gasteiger partial charge in [0.15, 0.2) is 0 Å². The van der Waals surface area contributed by atoms with Crippen molar-refractivity contribution in [2.45, 2.75) is 38.5 Å². The summed E-state index contributed by atoms with van der Waals surface area (Å²) in [6, 6.07) is 7.92. The van der Waals surface area contributed by atoms with Crippen LogP contribution in [0.15, 0.2) is 24.3 Å². The Hall–Kier alpha value is -1.02. The van der Waals surface area contributed by atoms with Crippen molar-refractivity contribution in [3.05, 3.63) is 29.8 Å². The van der Waals surface area contributed by atoms with Gasteiger partial charge in [-0.2, -0.15) is 0 Å². The van der Waals surface area contributed by atoms with Gasteiger partial charge in [-0.1, -0.05) is 26.0 Å². The van der Waals surface area contributed by atoms with E-state index in [1.54, 1.807) is 6.92 Å². The molecule has 0 saturated carbocycles. The van der Waals surface area contributed by atoms with Crippen LogP contribution in [0.3, 0.4) is 0 Å². The van der Waals surface area contributed by atoms with Crippen LogP contribution in [-0.2, 0) is 4.79 Å². The van der Waals surface area contributed by atoms with E-state index in [2.05, 4.69) is 19.2 Å². The summed E-state index contributed by atoms with van der Waals surface area (Å²) in [6.45, 7) is 6.01. The molecule has 0 fully saturated rings. The van der Waals surface area contributed by atoms with Gasteiger partial charge in [0.2, 0.25) is 5.91 Å². The molecule has 1 amide bonds. The zero-order valence-electron chi connectivity index (χ0n) is 9.96. The molecule has 0 radical (unpaired) electrons. The second kappa shape index (κ2) is 5.90. The van der Waals surface area contributed by atoms with Crippen molar-refractivity contribution in [3.8, 4) is 0 Å². The van der Waals surface area contributed by atoms with Crippen molar-refractivity contribution in [2.75, 3.05) is 5.32 Å². The Morgan fingerprint density at radius 3 is 2.31 bits per heavy atom. The molecule has 1 aromatic rings.